The van der Waals surface area contributed by atoms with E-state index in [9.17, 15) is 0 Å². The molecule has 0 heterocycles. The van der Waals surface area contributed by atoms with Gasteiger partial charge in [0.15, 0.2) is 0 Å². The Balaban J connectivity index is 0.000000360. The average molecular weight is 738 g/mol. The van der Waals surface area contributed by atoms with Gasteiger partial charge in [-0.25, -0.2) is 0 Å². The van der Waals surface area contributed by atoms with Crippen molar-refractivity contribution >= 4 is 44.0 Å². The van der Waals surface area contributed by atoms with E-state index in [1.807, 2.05) is 0 Å². The molecule has 170 valence electrons. The molecule has 0 amide bonds. The molecule has 0 unspecified atom stereocenters. The van der Waals surface area contributed by atoms with E-state index < -0.39 is 16.9 Å². The molecular weight excluding hydrogens is 702 g/mol. The van der Waals surface area contributed by atoms with Crippen molar-refractivity contribution in [3.63, 3.8) is 0 Å². The Labute approximate surface area is 207 Å². The first-order chi connectivity index (χ1) is 15.5. The molecule has 0 aliphatic heterocycles. The second-order valence-electron chi connectivity index (χ2n) is 7.45. The molecule has 0 spiro atoms. The summed E-state index contributed by atoms with van der Waals surface area (Å²) in [5.41, 5.74) is 13.5. The largest absolute Gasteiger partial charge is 0.373 e. The monoisotopic (exact) mass is 738 g/mol. The molecule has 0 radical (unpaired) electrons. The van der Waals surface area contributed by atoms with Crippen molar-refractivity contribution in [2.75, 3.05) is 26.2 Å². The van der Waals surface area contributed by atoms with Gasteiger partial charge in [-0.15, -0.1) is 0 Å². The fourth-order valence-electron chi connectivity index (χ4n) is 3.85. The molecule has 0 saturated heterocycles. The molecule has 6 heteroatoms. The first kappa shape index (κ1) is 28.6. The zero-order chi connectivity index (χ0) is 23.9. The Morgan fingerprint density at radius 1 is 0.594 bits per heavy atom. The summed E-state index contributed by atoms with van der Waals surface area (Å²) in [7, 11) is 0. The summed E-state index contributed by atoms with van der Waals surface area (Å²) >= 11 is -0.167. The maximum absolute atomic E-state index is 6.75. The quantitative estimate of drug-likeness (QED) is 0.0732. The first-order valence-electron chi connectivity index (χ1n) is 11.2. The van der Waals surface area contributed by atoms with Crippen molar-refractivity contribution in [3.05, 3.63) is 107 Å². The third kappa shape index (κ3) is 7.86. The molecule has 3 aromatic rings. The molecule has 0 aromatic heterocycles. The Morgan fingerprint density at radius 3 is 0.969 bits per heavy atom. The van der Waals surface area contributed by atoms with E-state index >= 15 is 0 Å². The molecular formula is C26H35IN4Pb. The molecule has 32 heavy (non-hydrogen) atoms. The van der Waals surface area contributed by atoms with E-state index in [1.165, 1.54) is 44.9 Å². The van der Waals surface area contributed by atoms with Gasteiger partial charge in [-0.3, -0.25) is 4.91 Å². The van der Waals surface area contributed by atoms with Crippen LogP contribution in [0.5, 0.6) is 0 Å². The first-order valence-corrected chi connectivity index (χ1v) is 27.9. The van der Waals surface area contributed by atoms with Crippen LogP contribution in [0.25, 0.3) is 16.0 Å². The predicted molar refractivity (Wildman–Crippen MR) is 151 cm³/mol. The number of halogens is 1. The Kier molecular flexibility index (Phi) is 13.8. The molecule has 0 bridgehead atoms. The van der Waals surface area contributed by atoms with Crippen molar-refractivity contribution < 1.29 is 4.48 Å². The van der Waals surface area contributed by atoms with E-state index in [2.05, 4.69) is 136 Å². The van der Waals surface area contributed by atoms with E-state index in [-0.39, 0.29) is 0 Å². The third-order valence-corrected chi connectivity index (χ3v) is 35.8. The zero-order valence-corrected chi connectivity index (χ0v) is 25.7. The molecule has 3 rings (SSSR count). The minimum absolute atomic E-state index is 1.28. The van der Waals surface area contributed by atoms with Crippen LogP contribution in [0.4, 0.5) is 0 Å². The Bertz CT molecular complexity index is 796. The van der Waals surface area contributed by atoms with Crippen LogP contribution in [0.1, 0.15) is 27.7 Å². The summed E-state index contributed by atoms with van der Waals surface area (Å²) in [6.07, 6.45) is 0. The third-order valence-electron chi connectivity index (χ3n) is 6.20. The second-order valence-corrected chi connectivity index (χ2v) is 33.5. The van der Waals surface area contributed by atoms with Gasteiger partial charge >= 0.3 is 135 Å². The number of rotatable bonds is 7. The summed E-state index contributed by atoms with van der Waals surface area (Å²) in [6, 6.07) is 33.1. The normalized spacial score (nSPS) is 10.7. The maximum atomic E-state index is 6.75. The van der Waals surface area contributed by atoms with Crippen LogP contribution in [0.3, 0.4) is 0 Å². The molecule has 0 aliphatic carbocycles. The van der Waals surface area contributed by atoms with E-state index in [0.29, 0.717) is 0 Å². The van der Waals surface area contributed by atoms with Gasteiger partial charge in [0.1, 0.15) is 0 Å². The topological polar surface area (TPSA) is 58.7 Å². The molecule has 0 fully saturated rings. The van der Waals surface area contributed by atoms with Gasteiger partial charge in [0.25, 0.3) is 0 Å². The molecule has 0 aliphatic rings. The minimum atomic E-state index is -2.96. The number of quaternary nitrogens is 1. The van der Waals surface area contributed by atoms with Gasteiger partial charge in [-0.1, -0.05) is 0 Å². The van der Waals surface area contributed by atoms with Gasteiger partial charge in [-0.2, -0.15) is 0 Å². The number of hydrogen-bond acceptors (Lipinski definition) is 0. The molecule has 4 nitrogen and oxygen atoms in total. The van der Waals surface area contributed by atoms with Gasteiger partial charge in [0.05, 0.1) is 26.2 Å². The van der Waals surface area contributed by atoms with Gasteiger partial charge in [0, 0.05) is 0 Å². The Hall–Kier alpha value is -1.42. The van der Waals surface area contributed by atoms with Crippen LogP contribution in [0.15, 0.2) is 91.0 Å². The van der Waals surface area contributed by atoms with Crippen molar-refractivity contribution in [1.29, 1.82) is 0 Å². The number of benzene rings is 3. The van der Waals surface area contributed by atoms with Crippen molar-refractivity contribution in [3.8, 4) is 0 Å². The maximum Gasteiger partial charge on any atom is -0.255 e. The summed E-state index contributed by atoms with van der Waals surface area (Å²) in [6.45, 7) is 14.2. The van der Waals surface area contributed by atoms with Crippen LogP contribution < -0.4 is 9.37 Å². The average Bonchev–Trinajstić information content (AvgIpc) is 2.88. The second kappa shape index (κ2) is 15.4. The van der Waals surface area contributed by atoms with Crippen LogP contribution in [0.2, 0.25) is 0 Å². The molecule has 0 N–H and O–H groups in total. The fraction of sp³-hybridized carbons (Fsp3) is 0.308. The van der Waals surface area contributed by atoms with Crippen molar-refractivity contribution in [2.45, 2.75) is 27.7 Å². The SMILES string of the molecule is CC[N+](CC)(CC)CC.[I][Pb]([c]1ccccc1)([c]1ccccc1)[c]1ccccc1.[N-]=[N+]=[N-]. The molecule has 3 aromatic carbocycles. The summed E-state index contributed by atoms with van der Waals surface area (Å²) in [4.78, 5) is 1.50. The number of nitrogens with zero attached hydrogens (tertiary/aromatic N) is 4. The number of hydrogen-bond donors (Lipinski definition) is 0. The Morgan fingerprint density at radius 2 is 0.812 bits per heavy atom. The van der Waals surface area contributed by atoms with Crippen molar-refractivity contribution in [2.24, 2.45) is 0 Å². The van der Waals surface area contributed by atoms with Crippen LogP contribution >= 0.6 is 17.8 Å². The molecule has 0 atom stereocenters. The van der Waals surface area contributed by atoms with E-state index in [1.54, 1.807) is 0 Å². The standard InChI is InChI=1S/C8H20N.3C6H5.HI.N3.Pb/c1-5-9(6-2,7-3)8-4;3*1-2-4-6-5-3-1;;1-3-2;/h5-8H2,1-4H3;3*1-5H;1H;;/q+1;;;;;-1;+1/p-1. The zero-order valence-electron chi connectivity index (χ0n) is 19.7. The fourth-order valence-corrected chi connectivity index (χ4v) is 24.8. The van der Waals surface area contributed by atoms with E-state index in [0.717, 1.165) is 0 Å². The van der Waals surface area contributed by atoms with Crippen molar-refractivity contribution in [1.82, 2.24) is 0 Å². The van der Waals surface area contributed by atoms with E-state index in [4.69, 9.17) is 11.1 Å². The van der Waals surface area contributed by atoms with Crippen LogP contribution in [0, 0.1) is 0 Å². The summed E-state index contributed by atoms with van der Waals surface area (Å²) < 4.78 is 5.86. The minimum Gasteiger partial charge on any atom is -0.373 e. The summed E-state index contributed by atoms with van der Waals surface area (Å²) in [5.74, 6) is 0. The molecule has 0 saturated carbocycles. The predicted octanol–water partition coefficient (Wildman–Crippen LogP) is 5.84. The smallest absolute Gasteiger partial charge is 0.255 e. The van der Waals surface area contributed by atoms with Crippen LogP contribution in [-0.4, -0.2) is 47.5 Å². The van der Waals surface area contributed by atoms with Crippen LogP contribution in [-0.2, 0) is 0 Å². The van der Waals surface area contributed by atoms with Gasteiger partial charge in [-0.05, 0) is 27.7 Å². The van der Waals surface area contributed by atoms with Gasteiger partial charge in [0.2, 0.25) is 0 Å². The summed E-state index contributed by atoms with van der Waals surface area (Å²) in [5, 5.41) is 0. The van der Waals surface area contributed by atoms with Gasteiger partial charge < -0.3 is 15.5 Å².